The zero-order valence-electron chi connectivity index (χ0n) is 11.6. The normalized spacial score (nSPS) is 17.1. The van der Waals surface area contributed by atoms with Crippen LogP contribution in [0.4, 0.5) is 10.1 Å². The molecule has 2 rings (SSSR count). The lowest BCUT2D eigenvalue weighted by molar-refractivity contribution is -0.222. The van der Waals surface area contributed by atoms with Gasteiger partial charge in [-0.25, -0.2) is 14.0 Å². The van der Waals surface area contributed by atoms with E-state index in [-0.39, 0.29) is 5.57 Å². The van der Waals surface area contributed by atoms with Crippen molar-refractivity contribution in [1.82, 2.24) is 0 Å². The molecule has 0 radical (unpaired) electrons. The SMILES string of the molecule is Cc1cc(F)cc(Br)c1NC=C1C(=O)OC(C)(C)OC1=O. The van der Waals surface area contributed by atoms with Crippen LogP contribution in [0.1, 0.15) is 19.4 Å². The first kappa shape index (κ1) is 15.5. The van der Waals surface area contributed by atoms with Crippen LogP contribution in [0.25, 0.3) is 0 Å². The highest BCUT2D eigenvalue weighted by Crippen LogP contribution is 2.28. The Balaban J connectivity index is 2.26. The first-order valence-corrected chi connectivity index (χ1v) is 6.88. The number of halogens is 2. The first-order valence-electron chi connectivity index (χ1n) is 6.08. The molecule has 1 heterocycles. The average molecular weight is 358 g/mol. The van der Waals surface area contributed by atoms with Crippen LogP contribution in [0.15, 0.2) is 28.4 Å². The summed E-state index contributed by atoms with van der Waals surface area (Å²) in [6.45, 7) is 4.62. The second-order valence-electron chi connectivity index (χ2n) is 4.96. The highest BCUT2D eigenvalue weighted by atomic mass is 79.9. The van der Waals surface area contributed by atoms with Crippen LogP contribution >= 0.6 is 15.9 Å². The number of hydrogen-bond acceptors (Lipinski definition) is 5. The van der Waals surface area contributed by atoms with Crippen molar-refractivity contribution in [1.29, 1.82) is 0 Å². The van der Waals surface area contributed by atoms with E-state index in [1.807, 2.05) is 0 Å². The molecular formula is C14H13BrFNO4. The van der Waals surface area contributed by atoms with Crippen LogP contribution in [0.5, 0.6) is 0 Å². The van der Waals surface area contributed by atoms with Crippen molar-refractivity contribution < 1.29 is 23.5 Å². The fourth-order valence-electron chi connectivity index (χ4n) is 1.81. The molecule has 0 aromatic heterocycles. The maximum Gasteiger partial charge on any atom is 0.350 e. The van der Waals surface area contributed by atoms with Crippen LogP contribution in [0.3, 0.4) is 0 Å². The van der Waals surface area contributed by atoms with Gasteiger partial charge in [0.1, 0.15) is 5.82 Å². The van der Waals surface area contributed by atoms with Crippen LogP contribution in [0, 0.1) is 12.7 Å². The Kier molecular flexibility index (Phi) is 4.04. The van der Waals surface area contributed by atoms with Crippen molar-refractivity contribution >= 4 is 33.6 Å². The Hall–Kier alpha value is -1.89. The summed E-state index contributed by atoms with van der Waals surface area (Å²) >= 11 is 3.21. The van der Waals surface area contributed by atoms with E-state index in [1.54, 1.807) is 6.92 Å². The number of esters is 2. The second-order valence-corrected chi connectivity index (χ2v) is 5.82. The minimum atomic E-state index is -1.28. The predicted octanol–water partition coefficient (Wildman–Crippen LogP) is 3.03. The van der Waals surface area contributed by atoms with E-state index in [9.17, 15) is 14.0 Å². The largest absolute Gasteiger partial charge is 0.419 e. The number of carbonyl (C=O) groups excluding carboxylic acids is 2. The van der Waals surface area contributed by atoms with Gasteiger partial charge in [0.2, 0.25) is 0 Å². The van der Waals surface area contributed by atoms with Gasteiger partial charge in [-0.05, 0) is 40.5 Å². The number of aryl methyl sites for hydroxylation is 1. The van der Waals surface area contributed by atoms with Gasteiger partial charge in [0, 0.05) is 24.5 Å². The molecule has 0 saturated carbocycles. The summed E-state index contributed by atoms with van der Waals surface area (Å²) in [7, 11) is 0. The number of benzene rings is 1. The molecule has 21 heavy (non-hydrogen) atoms. The Morgan fingerprint density at radius 3 is 2.33 bits per heavy atom. The predicted molar refractivity (Wildman–Crippen MR) is 76.8 cm³/mol. The van der Waals surface area contributed by atoms with Gasteiger partial charge < -0.3 is 14.8 Å². The van der Waals surface area contributed by atoms with E-state index < -0.39 is 23.5 Å². The minimum absolute atomic E-state index is 0.259. The molecule has 0 spiro atoms. The van der Waals surface area contributed by atoms with Crippen molar-refractivity contribution in [3.63, 3.8) is 0 Å². The molecule has 1 N–H and O–H groups in total. The smallest absolute Gasteiger partial charge is 0.350 e. The van der Waals surface area contributed by atoms with Crippen molar-refractivity contribution in [3.8, 4) is 0 Å². The van der Waals surface area contributed by atoms with E-state index in [2.05, 4.69) is 21.2 Å². The van der Waals surface area contributed by atoms with Gasteiger partial charge in [0.15, 0.2) is 5.57 Å². The van der Waals surface area contributed by atoms with E-state index in [0.717, 1.165) is 0 Å². The number of cyclic esters (lactones) is 2. The molecule has 0 amide bonds. The molecular weight excluding hydrogens is 345 g/mol. The fraction of sp³-hybridized carbons (Fsp3) is 0.286. The molecule has 112 valence electrons. The van der Waals surface area contributed by atoms with Gasteiger partial charge in [-0.2, -0.15) is 0 Å². The number of carbonyl (C=O) groups is 2. The Bertz CT molecular complexity index is 609. The van der Waals surface area contributed by atoms with Crippen molar-refractivity contribution in [3.05, 3.63) is 39.8 Å². The number of hydrogen-bond donors (Lipinski definition) is 1. The molecule has 1 aromatic carbocycles. The van der Waals surface area contributed by atoms with Crippen molar-refractivity contribution in [2.75, 3.05) is 5.32 Å². The summed E-state index contributed by atoms with van der Waals surface area (Å²) in [5, 5.41) is 2.79. The van der Waals surface area contributed by atoms with Crippen molar-refractivity contribution in [2.45, 2.75) is 26.6 Å². The molecule has 5 nitrogen and oxygen atoms in total. The van der Waals surface area contributed by atoms with Gasteiger partial charge in [-0.3, -0.25) is 0 Å². The molecule has 0 unspecified atom stereocenters. The Morgan fingerprint density at radius 1 is 1.24 bits per heavy atom. The highest BCUT2D eigenvalue weighted by Gasteiger charge is 2.38. The molecule has 7 heteroatoms. The van der Waals surface area contributed by atoms with E-state index in [4.69, 9.17) is 9.47 Å². The number of ether oxygens (including phenoxy) is 2. The molecule has 1 fully saturated rings. The third-order valence-electron chi connectivity index (χ3n) is 2.73. The topological polar surface area (TPSA) is 64.6 Å². The molecule has 1 saturated heterocycles. The summed E-state index contributed by atoms with van der Waals surface area (Å²) in [5.41, 5.74) is 0.885. The van der Waals surface area contributed by atoms with Crippen LogP contribution in [-0.2, 0) is 19.1 Å². The second kappa shape index (κ2) is 5.48. The quantitative estimate of drug-likeness (QED) is 0.500. The van der Waals surface area contributed by atoms with Crippen LogP contribution in [-0.4, -0.2) is 17.7 Å². The molecule has 0 bridgehead atoms. The van der Waals surface area contributed by atoms with E-state index in [0.29, 0.717) is 15.7 Å². The first-order chi connectivity index (χ1) is 9.69. The number of anilines is 1. The lowest BCUT2D eigenvalue weighted by Crippen LogP contribution is -2.42. The zero-order valence-corrected chi connectivity index (χ0v) is 13.2. The third-order valence-corrected chi connectivity index (χ3v) is 3.36. The minimum Gasteiger partial charge on any atom is -0.419 e. The number of rotatable bonds is 2. The maximum atomic E-state index is 13.2. The summed E-state index contributed by atoms with van der Waals surface area (Å²) in [6, 6.07) is 2.60. The molecule has 1 aliphatic rings. The lowest BCUT2D eigenvalue weighted by atomic mass is 10.2. The zero-order chi connectivity index (χ0) is 15.8. The van der Waals surface area contributed by atoms with E-state index in [1.165, 1.54) is 32.2 Å². The van der Waals surface area contributed by atoms with E-state index >= 15 is 0 Å². The monoisotopic (exact) mass is 357 g/mol. The Labute approximate surface area is 129 Å². The summed E-state index contributed by atoms with van der Waals surface area (Å²) in [6.07, 6.45) is 1.19. The average Bonchev–Trinajstić information content (AvgIpc) is 2.29. The molecule has 0 aliphatic carbocycles. The van der Waals surface area contributed by atoms with Crippen LogP contribution in [0.2, 0.25) is 0 Å². The standard InChI is InChI=1S/C14H13BrFNO4/c1-7-4-8(16)5-10(15)11(7)17-6-9-12(18)20-14(2,3)21-13(9)19/h4-6,17H,1-3H3. The van der Waals surface area contributed by atoms with Gasteiger partial charge in [-0.1, -0.05) is 0 Å². The molecule has 0 atom stereocenters. The van der Waals surface area contributed by atoms with Gasteiger partial charge >= 0.3 is 11.9 Å². The fourth-order valence-corrected chi connectivity index (χ4v) is 2.45. The summed E-state index contributed by atoms with van der Waals surface area (Å²) < 4.78 is 23.6. The number of nitrogens with one attached hydrogen (secondary N) is 1. The van der Waals surface area contributed by atoms with Gasteiger partial charge in [0.05, 0.1) is 5.69 Å². The van der Waals surface area contributed by atoms with Gasteiger partial charge in [-0.15, -0.1) is 0 Å². The molecule has 1 aliphatic heterocycles. The van der Waals surface area contributed by atoms with Gasteiger partial charge in [0.25, 0.3) is 5.79 Å². The maximum absolute atomic E-state index is 13.2. The molecule has 1 aromatic rings. The lowest BCUT2D eigenvalue weighted by Gasteiger charge is -2.29. The Morgan fingerprint density at radius 2 is 1.81 bits per heavy atom. The third kappa shape index (κ3) is 3.41. The van der Waals surface area contributed by atoms with Crippen molar-refractivity contribution in [2.24, 2.45) is 0 Å². The summed E-state index contributed by atoms with van der Waals surface area (Å²) in [4.78, 5) is 23.5. The van der Waals surface area contributed by atoms with Crippen LogP contribution < -0.4 is 5.32 Å². The summed E-state index contributed by atoms with van der Waals surface area (Å²) in [5.74, 6) is -3.23. The highest BCUT2D eigenvalue weighted by molar-refractivity contribution is 9.10.